The van der Waals surface area contributed by atoms with Crippen LogP contribution in [0, 0.1) is 11.7 Å². The predicted octanol–water partition coefficient (Wildman–Crippen LogP) is 2.77. The van der Waals surface area contributed by atoms with Gasteiger partial charge in [0.25, 0.3) is 0 Å². The molecule has 7 nitrogen and oxygen atoms in total. The number of halogens is 1. The Morgan fingerprint density at radius 3 is 2.57 bits per heavy atom. The van der Waals surface area contributed by atoms with E-state index in [1.165, 1.54) is 12.1 Å². The van der Waals surface area contributed by atoms with Gasteiger partial charge in [0, 0.05) is 51.1 Å². The Hall–Kier alpha value is -2.32. The number of aryl methyl sites for hydroxylation is 1. The smallest absolute Gasteiger partial charge is 0.226 e. The largest absolute Gasteiger partial charge is 0.379 e. The van der Waals surface area contributed by atoms with E-state index in [1.807, 2.05) is 4.90 Å². The van der Waals surface area contributed by atoms with E-state index in [1.54, 1.807) is 12.1 Å². The molecule has 0 N–H and O–H groups in total. The maximum Gasteiger partial charge on any atom is 0.226 e. The van der Waals surface area contributed by atoms with Gasteiger partial charge < -0.3 is 14.2 Å². The van der Waals surface area contributed by atoms with Crippen LogP contribution in [0.5, 0.6) is 0 Å². The van der Waals surface area contributed by atoms with Crippen LogP contribution in [0.4, 0.5) is 4.39 Å². The van der Waals surface area contributed by atoms with E-state index < -0.39 is 0 Å². The van der Waals surface area contributed by atoms with Gasteiger partial charge in [0.05, 0.1) is 13.2 Å². The van der Waals surface area contributed by atoms with Crippen molar-refractivity contribution >= 4 is 5.91 Å². The van der Waals surface area contributed by atoms with Crippen LogP contribution in [-0.2, 0) is 16.0 Å². The predicted molar refractivity (Wildman–Crippen MR) is 109 cm³/mol. The maximum absolute atomic E-state index is 13.0. The second kappa shape index (κ2) is 10.1. The minimum absolute atomic E-state index is 0.207. The van der Waals surface area contributed by atoms with Crippen LogP contribution in [0.3, 0.4) is 0 Å². The highest BCUT2D eigenvalue weighted by Gasteiger charge is 2.24. The van der Waals surface area contributed by atoms with Crippen molar-refractivity contribution < 1.29 is 18.4 Å². The third kappa shape index (κ3) is 5.64. The maximum atomic E-state index is 13.0. The van der Waals surface area contributed by atoms with E-state index in [9.17, 15) is 9.18 Å². The summed E-state index contributed by atoms with van der Waals surface area (Å²) in [6.45, 7) is 6.55. The number of likely N-dealkylation sites (tertiary alicyclic amines) is 1. The van der Waals surface area contributed by atoms with E-state index in [-0.39, 0.29) is 11.7 Å². The van der Waals surface area contributed by atoms with Gasteiger partial charge in [-0.15, -0.1) is 0 Å². The van der Waals surface area contributed by atoms with E-state index in [0.29, 0.717) is 42.5 Å². The molecule has 2 aliphatic rings. The normalized spacial score (nSPS) is 18.6. The number of nitrogens with zero attached hydrogens (tertiary/aromatic N) is 4. The zero-order chi connectivity index (χ0) is 20.8. The molecule has 1 aromatic heterocycles. The number of ether oxygens (including phenoxy) is 1. The first-order valence-corrected chi connectivity index (χ1v) is 10.8. The summed E-state index contributed by atoms with van der Waals surface area (Å²) in [6, 6.07) is 5.98. The zero-order valence-corrected chi connectivity index (χ0v) is 17.3. The van der Waals surface area contributed by atoms with Gasteiger partial charge >= 0.3 is 0 Å². The van der Waals surface area contributed by atoms with E-state index in [2.05, 4.69) is 15.0 Å². The lowest BCUT2D eigenvalue weighted by Gasteiger charge is -2.36. The van der Waals surface area contributed by atoms with E-state index in [4.69, 9.17) is 9.26 Å². The summed E-state index contributed by atoms with van der Waals surface area (Å²) in [7, 11) is 0. The standard InChI is InChI=1S/C22H29FN4O3/c23-19-6-4-18(5-7-19)22-24-20(30-25-22)2-1-3-21(28)27-10-8-17(9-11-27)16-26-12-14-29-15-13-26/h4-7,17H,1-3,8-16H2. The molecule has 162 valence electrons. The molecule has 4 rings (SSSR count). The van der Waals surface area contributed by atoms with Crippen LogP contribution in [0.25, 0.3) is 11.4 Å². The van der Waals surface area contributed by atoms with Crippen molar-refractivity contribution in [3.8, 4) is 11.4 Å². The average Bonchev–Trinajstić information content (AvgIpc) is 3.24. The second-order valence-corrected chi connectivity index (χ2v) is 8.11. The fourth-order valence-corrected chi connectivity index (χ4v) is 4.14. The molecule has 0 atom stereocenters. The second-order valence-electron chi connectivity index (χ2n) is 8.11. The summed E-state index contributed by atoms with van der Waals surface area (Å²) in [6.07, 6.45) is 3.88. The Balaban J connectivity index is 1.16. The van der Waals surface area contributed by atoms with Gasteiger partial charge in [-0.1, -0.05) is 5.16 Å². The first-order chi connectivity index (χ1) is 14.7. The number of carbonyl (C=O) groups is 1. The van der Waals surface area contributed by atoms with E-state index in [0.717, 1.165) is 58.8 Å². The molecule has 2 fully saturated rings. The van der Waals surface area contributed by atoms with Crippen molar-refractivity contribution in [2.24, 2.45) is 5.92 Å². The molecular formula is C22H29FN4O3. The van der Waals surface area contributed by atoms with E-state index >= 15 is 0 Å². The Bertz CT molecular complexity index is 812. The number of hydrogen-bond donors (Lipinski definition) is 0. The van der Waals surface area contributed by atoms with Crippen molar-refractivity contribution in [1.82, 2.24) is 19.9 Å². The number of hydrogen-bond acceptors (Lipinski definition) is 6. The van der Waals surface area contributed by atoms with Crippen molar-refractivity contribution in [1.29, 1.82) is 0 Å². The Kier molecular flexibility index (Phi) is 7.07. The highest BCUT2D eigenvalue weighted by Crippen LogP contribution is 2.21. The summed E-state index contributed by atoms with van der Waals surface area (Å²) in [4.78, 5) is 21.4. The van der Waals surface area contributed by atoms with Crippen LogP contribution in [0.1, 0.15) is 31.6 Å². The monoisotopic (exact) mass is 416 g/mol. The molecule has 8 heteroatoms. The van der Waals surface area contributed by atoms with Crippen molar-refractivity contribution in [3.05, 3.63) is 36.0 Å². The molecule has 2 aromatic rings. The Labute approximate surface area is 176 Å². The molecule has 0 bridgehead atoms. The lowest BCUT2D eigenvalue weighted by molar-refractivity contribution is -0.132. The fraction of sp³-hybridized carbons (Fsp3) is 0.591. The molecule has 0 unspecified atom stereocenters. The molecule has 2 saturated heterocycles. The number of rotatable bonds is 7. The SMILES string of the molecule is O=C(CCCc1nc(-c2ccc(F)cc2)no1)N1CCC(CN2CCOCC2)CC1. The quantitative estimate of drug-likeness (QED) is 0.691. The summed E-state index contributed by atoms with van der Waals surface area (Å²) in [5.41, 5.74) is 0.711. The van der Waals surface area contributed by atoms with Gasteiger partial charge in [0.15, 0.2) is 0 Å². The van der Waals surface area contributed by atoms with Crippen LogP contribution in [0.15, 0.2) is 28.8 Å². The number of morpholine rings is 1. The molecule has 1 amide bonds. The molecule has 0 spiro atoms. The first-order valence-electron chi connectivity index (χ1n) is 10.8. The van der Waals surface area contributed by atoms with Crippen LogP contribution in [-0.4, -0.2) is 71.8 Å². The molecule has 2 aliphatic heterocycles. The highest BCUT2D eigenvalue weighted by molar-refractivity contribution is 5.76. The topological polar surface area (TPSA) is 71.7 Å². The third-order valence-electron chi connectivity index (χ3n) is 5.94. The summed E-state index contributed by atoms with van der Waals surface area (Å²) < 4.78 is 23.7. The van der Waals surface area contributed by atoms with Crippen LogP contribution in [0.2, 0.25) is 0 Å². The van der Waals surface area contributed by atoms with Gasteiger partial charge in [-0.3, -0.25) is 9.69 Å². The Morgan fingerprint density at radius 2 is 1.83 bits per heavy atom. The average molecular weight is 416 g/mol. The summed E-state index contributed by atoms with van der Waals surface area (Å²) in [5.74, 6) is 1.53. The lowest BCUT2D eigenvalue weighted by Crippen LogP contribution is -2.44. The summed E-state index contributed by atoms with van der Waals surface area (Å²) >= 11 is 0. The number of carbonyl (C=O) groups excluding carboxylic acids is 1. The fourth-order valence-electron chi connectivity index (χ4n) is 4.14. The third-order valence-corrected chi connectivity index (χ3v) is 5.94. The van der Waals surface area contributed by atoms with Crippen molar-refractivity contribution in [2.75, 3.05) is 45.9 Å². The Morgan fingerprint density at radius 1 is 1.10 bits per heavy atom. The number of amides is 1. The molecule has 3 heterocycles. The number of benzene rings is 1. The highest BCUT2D eigenvalue weighted by atomic mass is 19.1. The molecule has 0 aliphatic carbocycles. The molecular weight excluding hydrogens is 387 g/mol. The molecule has 0 radical (unpaired) electrons. The zero-order valence-electron chi connectivity index (χ0n) is 17.3. The minimum Gasteiger partial charge on any atom is -0.379 e. The van der Waals surface area contributed by atoms with Gasteiger partial charge in [0.1, 0.15) is 5.82 Å². The number of piperidine rings is 1. The van der Waals surface area contributed by atoms with Crippen LogP contribution < -0.4 is 0 Å². The first kappa shape index (κ1) is 20.9. The van der Waals surface area contributed by atoms with Gasteiger partial charge in [-0.25, -0.2) is 4.39 Å². The van der Waals surface area contributed by atoms with Gasteiger partial charge in [0.2, 0.25) is 17.6 Å². The van der Waals surface area contributed by atoms with Crippen molar-refractivity contribution in [2.45, 2.75) is 32.1 Å². The van der Waals surface area contributed by atoms with Gasteiger partial charge in [-0.2, -0.15) is 4.98 Å². The summed E-state index contributed by atoms with van der Waals surface area (Å²) in [5, 5.41) is 3.94. The van der Waals surface area contributed by atoms with Crippen LogP contribution >= 0.6 is 0 Å². The minimum atomic E-state index is -0.300. The molecule has 30 heavy (non-hydrogen) atoms. The molecule has 1 aromatic carbocycles. The molecule has 0 saturated carbocycles. The van der Waals surface area contributed by atoms with Crippen molar-refractivity contribution in [3.63, 3.8) is 0 Å². The lowest BCUT2D eigenvalue weighted by atomic mass is 9.95. The number of aromatic nitrogens is 2. The van der Waals surface area contributed by atoms with Gasteiger partial charge in [-0.05, 0) is 49.4 Å².